The second kappa shape index (κ2) is 5.66. The third kappa shape index (κ3) is 2.58. The number of amides is 1. The standard InChI is InChI=1S/C16H11BrClNO3/c1-22-14-6-8(5-12(18)15(14)20)4-11-10-7-9(17)2-3-13(10)19-16(11)21/h2-7,20H,1H3,(H,19,21)/b11-4-. The molecule has 1 aliphatic rings. The first kappa shape index (κ1) is 14.9. The normalized spacial score (nSPS) is 14.9. The van der Waals surface area contributed by atoms with Crippen molar-refractivity contribution in [2.24, 2.45) is 0 Å². The van der Waals surface area contributed by atoms with Gasteiger partial charge in [0.15, 0.2) is 11.5 Å². The number of halogens is 2. The van der Waals surface area contributed by atoms with Crippen LogP contribution in [0.5, 0.6) is 11.5 Å². The number of hydrogen-bond acceptors (Lipinski definition) is 3. The highest BCUT2D eigenvalue weighted by Gasteiger charge is 2.24. The largest absolute Gasteiger partial charge is 0.503 e. The molecule has 0 unspecified atom stereocenters. The van der Waals surface area contributed by atoms with E-state index in [-0.39, 0.29) is 22.4 Å². The first-order valence-electron chi connectivity index (χ1n) is 6.39. The maximum atomic E-state index is 12.1. The SMILES string of the molecule is COc1cc(/C=C2\C(=O)Nc3ccc(Br)cc32)cc(Cl)c1O. The highest BCUT2D eigenvalue weighted by Crippen LogP contribution is 2.38. The van der Waals surface area contributed by atoms with E-state index in [4.69, 9.17) is 16.3 Å². The summed E-state index contributed by atoms with van der Waals surface area (Å²) < 4.78 is 5.96. The van der Waals surface area contributed by atoms with Gasteiger partial charge in [0.1, 0.15) is 0 Å². The Bertz CT molecular complexity index is 817. The fraction of sp³-hybridized carbons (Fsp3) is 0.0625. The highest BCUT2D eigenvalue weighted by atomic mass is 79.9. The highest BCUT2D eigenvalue weighted by molar-refractivity contribution is 9.10. The van der Waals surface area contributed by atoms with Gasteiger partial charge in [0, 0.05) is 21.3 Å². The summed E-state index contributed by atoms with van der Waals surface area (Å²) in [6.07, 6.45) is 1.71. The molecule has 0 saturated carbocycles. The lowest BCUT2D eigenvalue weighted by molar-refractivity contribution is -0.110. The minimum Gasteiger partial charge on any atom is -0.503 e. The predicted molar refractivity (Wildman–Crippen MR) is 90.3 cm³/mol. The molecule has 3 rings (SSSR count). The molecule has 1 aliphatic heterocycles. The molecule has 0 saturated heterocycles. The maximum Gasteiger partial charge on any atom is 0.256 e. The van der Waals surface area contributed by atoms with Gasteiger partial charge >= 0.3 is 0 Å². The maximum absolute atomic E-state index is 12.1. The molecule has 0 fully saturated rings. The van der Waals surface area contributed by atoms with Crippen LogP contribution in [0.3, 0.4) is 0 Å². The summed E-state index contributed by atoms with van der Waals surface area (Å²) in [7, 11) is 1.44. The van der Waals surface area contributed by atoms with Crippen molar-refractivity contribution in [1.82, 2.24) is 0 Å². The molecular weight excluding hydrogens is 370 g/mol. The lowest BCUT2D eigenvalue weighted by atomic mass is 10.0. The number of benzene rings is 2. The topological polar surface area (TPSA) is 58.6 Å². The number of anilines is 1. The molecule has 0 bridgehead atoms. The Morgan fingerprint density at radius 3 is 2.82 bits per heavy atom. The third-order valence-electron chi connectivity index (χ3n) is 3.35. The van der Waals surface area contributed by atoms with Crippen molar-refractivity contribution in [3.05, 3.63) is 51.0 Å². The molecule has 4 nitrogen and oxygen atoms in total. The van der Waals surface area contributed by atoms with Gasteiger partial charge in [-0.3, -0.25) is 4.79 Å². The second-order valence-corrected chi connectivity index (χ2v) is 6.08. The molecular formula is C16H11BrClNO3. The van der Waals surface area contributed by atoms with Crippen molar-refractivity contribution in [1.29, 1.82) is 0 Å². The van der Waals surface area contributed by atoms with Crippen molar-refractivity contribution in [2.45, 2.75) is 0 Å². The fourth-order valence-electron chi connectivity index (χ4n) is 2.30. The summed E-state index contributed by atoms with van der Waals surface area (Å²) in [4.78, 5) is 12.1. The number of fused-ring (bicyclic) bond motifs is 1. The van der Waals surface area contributed by atoms with Crippen LogP contribution in [0, 0.1) is 0 Å². The molecule has 0 aromatic heterocycles. The predicted octanol–water partition coefficient (Wildman–Crippen LogP) is 4.31. The van der Waals surface area contributed by atoms with Gasteiger partial charge in [-0.05, 0) is 42.0 Å². The van der Waals surface area contributed by atoms with Gasteiger partial charge in [0.2, 0.25) is 0 Å². The Morgan fingerprint density at radius 1 is 1.32 bits per heavy atom. The van der Waals surface area contributed by atoms with Gasteiger partial charge in [-0.25, -0.2) is 0 Å². The molecule has 0 atom stereocenters. The van der Waals surface area contributed by atoms with E-state index in [1.54, 1.807) is 18.2 Å². The van der Waals surface area contributed by atoms with Gasteiger partial charge < -0.3 is 15.2 Å². The molecule has 2 aromatic rings. The molecule has 2 N–H and O–H groups in total. The minimum absolute atomic E-state index is 0.120. The Morgan fingerprint density at radius 2 is 2.09 bits per heavy atom. The monoisotopic (exact) mass is 379 g/mol. The van der Waals surface area contributed by atoms with Crippen LogP contribution in [-0.4, -0.2) is 18.1 Å². The summed E-state index contributed by atoms with van der Waals surface area (Å²) in [5.41, 5.74) is 2.76. The van der Waals surface area contributed by atoms with Gasteiger partial charge in [-0.15, -0.1) is 0 Å². The number of hydrogen-bond donors (Lipinski definition) is 2. The van der Waals surface area contributed by atoms with E-state index < -0.39 is 0 Å². The number of carbonyl (C=O) groups excluding carboxylic acids is 1. The van der Waals surface area contributed by atoms with Crippen molar-refractivity contribution < 1.29 is 14.6 Å². The number of ether oxygens (including phenoxy) is 1. The number of aromatic hydroxyl groups is 1. The molecule has 6 heteroatoms. The average Bonchev–Trinajstić information content (AvgIpc) is 2.78. The van der Waals surface area contributed by atoms with E-state index in [0.717, 1.165) is 15.7 Å². The van der Waals surface area contributed by atoms with Crippen LogP contribution >= 0.6 is 27.5 Å². The Labute approximate surface area is 140 Å². The Hall–Kier alpha value is -1.98. The van der Waals surface area contributed by atoms with Crippen molar-refractivity contribution >= 4 is 50.8 Å². The minimum atomic E-state index is -0.184. The second-order valence-electron chi connectivity index (χ2n) is 4.76. The zero-order valence-corrected chi connectivity index (χ0v) is 13.8. The summed E-state index contributed by atoms with van der Waals surface area (Å²) in [6, 6.07) is 8.77. The first-order chi connectivity index (χ1) is 10.5. The average molecular weight is 381 g/mol. The van der Waals surface area contributed by atoms with Crippen molar-refractivity contribution in [3.8, 4) is 11.5 Å². The van der Waals surface area contributed by atoms with Crippen LogP contribution in [0.15, 0.2) is 34.8 Å². The van der Waals surface area contributed by atoms with E-state index >= 15 is 0 Å². The number of rotatable bonds is 2. The zero-order valence-electron chi connectivity index (χ0n) is 11.5. The third-order valence-corrected chi connectivity index (χ3v) is 4.13. The summed E-state index contributed by atoms with van der Waals surface area (Å²) in [5.74, 6) is -0.0474. The zero-order chi connectivity index (χ0) is 15.9. The number of carbonyl (C=O) groups is 1. The van der Waals surface area contributed by atoms with Gasteiger partial charge in [0.05, 0.1) is 12.1 Å². The molecule has 1 heterocycles. The summed E-state index contributed by atoms with van der Waals surface area (Å²) >= 11 is 9.38. The number of methoxy groups -OCH3 is 1. The van der Waals surface area contributed by atoms with Crippen LogP contribution < -0.4 is 10.1 Å². The van der Waals surface area contributed by atoms with Crippen LogP contribution in [0.4, 0.5) is 5.69 Å². The summed E-state index contributed by atoms with van der Waals surface area (Å²) in [6.45, 7) is 0. The molecule has 112 valence electrons. The molecule has 0 radical (unpaired) electrons. The smallest absolute Gasteiger partial charge is 0.256 e. The number of phenols is 1. The van der Waals surface area contributed by atoms with Gasteiger partial charge in [-0.1, -0.05) is 27.5 Å². The Kier molecular flexibility index (Phi) is 3.85. The lowest BCUT2D eigenvalue weighted by Gasteiger charge is -2.07. The molecule has 1 amide bonds. The van der Waals surface area contributed by atoms with Crippen LogP contribution in [0.2, 0.25) is 5.02 Å². The van der Waals surface area contributed by atoms with Gasteiger partial charge in [0.25, 0.3) is 5.91 Å². The van der Waals surface area contributed by atoms with E-state index in [9.17, 15) is 9.90 Å². The van der Waals surface area contributed by atoms with E-state index in [2.05, 4.69) is 21.2 Å². The summed E-state index contributed by atoms with van der Waals surface area (Å²) in [5, 5.41) is 12.7. The van der Waals surface area contributed by atoms with Crippen LogP contribution in [0.1, 0.15) is 11.1 Å². The van der Waals surface area contributed by atoms with Crippen LogP contribution in [-0.2, 0) is 4.79 Å². The molecule has 0 spiro atoms. The van der Waals surface area contributed by atoms with Crippen molar-refractivity contribution in [2.75, 3.05) is 12.4 Å². The fourth-order valence-corrected chi connectivity index (χ4v) is 2.88. The molecule has 0 aliphatic carbocycles. The van der Waals surface area contributed by atoms with E-state index in [1.807, 2.05) is 18.2 Å². The van der Waals surface area contributed by atoms with Gasteiger partial charge in [-0.2, -0.15) is 0 Å². The number of phenolic OH excluding ortho intramolecular Hbond substituents is 1. The first-order valence-corrected chi connectivity index (χ1v) is 7.56. The lowest BCUT2D eigenvalue weighted by Crippen LogP contribution is -2.03. The van der Waals surface area contributed by atoms with E-state index in [1.165, 1.54) is 7.11 Å². The van der Waals surface area contributed by atoms with E-state index in [0.29, 0.717) is 11.1 Å². The number of nitrogens with one attached hydrogen (secondary N) is 1. The Balaban J connectivity index is 2.12. The molecule has 2 aromatic carbocycles. The molecule has 22 heavy (non-hydrogen) atoms. The van der Waals surface area contributed by atoms with Crippen LogP contribution in [0.25, 0.3) is 11.6 Å². The quantitative estimate of drug-likeness (QED) is 0.763. The van der Waals surface area contributed by atoms with Crippen molar-refractivity contribution in [3.63, 3.8) is 0 Å².